The van der Waals surface area contributed by atoms with Crippen LogP contribution in [0.3, 0.4) is 0 Å². The number of methoxy groups -OCH3 is 1. The first kappa shape index (κ1) is 17.5. The van der Waals surface area contributed by atoms with Crippen LogP contribution in [0.2, 0.25) is 0 Å². The van der Waals surface area contributed by atoms with Crippen molar-refractivity contribution in [3.05, 3.63) is 69.8 Å². The zero-order valence-corrected chi connectivity index (χ0v) is 15.6. The summed E-state index contributed by atoms with van der Waals surface area (Å²) < 4.78 is 5.19. The molecule has 1 fully saturated rings. The van der Waals surface area contributed by atoms with Crippen molar-refractivity contribution in [2.45, 2.75) is 32.4 Å². The summed E-state index contributed by atoms with van der Waals surface area (Å²) in [4.78, 5) is 17.3. The fourth-order valence-electron chi connectivity index (χ4n) is 3.93. The number of nitro benzene ring substituents is 1. The van der Waals surface area contributed by atoms with Gasteiger partial charge < -0.3 is 4.74 Å². The maximum atomic E-state index is 11.3. The van der Waals surface area contributed by atoms with Crippen LogP contribution in [-0.2, 0) is 11.3 Å². The summed E-state index contributed by atoms with van der Waals surface area (Å²) in [5, 5.41) is 13.2. The molecule has 2 unspecified atom stereocenters. The molecular formula is C21H22N2O4. The molecule has 0 aliphatic carbocycles. The lowest BCUT2D eigenvalue weighted by Crippen LogP contribution is -2.36. The number of hydroxylamine groups is 1. The highest BCUT2D eigenvalue weighted by atomic mass is 16.7. The predicted octanol–water partition coefficient (Wildman–Crippen LogP) is 4.39. The van der Waals surface area contributed by atoms with Crippen molar-refractivity contribution < 1.29 is 14.5 Å². The molecule has 6 nitrogen and oxygen atoms in total. The quantitative estimate of drug-likeness (QED) is 0.593. The second-order valence-corrected chi connectivity index (χ2v) is 7.56. The van der Waals surface area contributed by atoms with Crippen LogP contribution in [0.25, 0.3) is 6.08 Å². The van der Waals surface area contributed by atoms with Crippen molar-refractivity contribution in [3.8, 4) is 5.75 Å². The molecule has 2 aliphatic rings. The number of hydrogen-bond donors (Lipinski definition) is 0. The van der Waals surface area contributed by atoms with Crippen molar-refractivity contribution in [1.29, 1.82) is 0 Å². The summed E-state index contributed by atoms with van der Waals surface area (Å²) in [6.07, 6.45) is 4.61. The van der Waals surface area contributed by atoms with Gasteiger partial charge in [-0.25, -0.2) is 5.06 Å². The van der Waals surface area contributed by atoms with Crippen LogP contribution in [0.5, 0.6) is 5.75 Å². The normalized spacial score (nSPS) is 22.7. The topological polar surface area (TPSA) is 64.8 Å². The molecule has 2 heterocycles. The average molecular weight is 366 g/mol. The van der Waals surface area contributed by atoms with Crippen LogP contribution >= 0.6 is 0 Å². The standard InChI is InChI=1S/C21H22N2O4/c1-21(2)19-13-16-17(5-4-6-18(16)23(24)25)22(19)27-20(21)12-9-14-7-10-15(26-3)11-8-14/h4-12,19-20H,13H2,1-3H3. The van der Waals surface area contributed by atoms with Gasteiger partial charge in [0, 0.05) is 17.9 Å². The molecule has 2 aromatic carbocycles. The van der Waals surface area contributed by atoms with Gasteiger partial charge in [-0.05, 0) is 23.8 Å². The first-order chi connectivity index (χ1) is 12.9. The molecule has 0 N–H and O–H groups in total. The maximum Gasteiger partial charge on any atom is 0.274 e. The molecule has 0 aromatic heterocycles. The predicted molar refractivity (Wildman–Crippen MR) is 104 cm³/mol. The molecule has 1 saturated heterocycles. The minimum absolute atomic E-state index is 0.0686. The van der Waals surface area contributed by atoms with Gasteiger partial charge in [0.15, 0.2) is 0 Å². The number of nitrogens with zero attached hydrogens (tertiary/aromatic N) is 2. The van der Waals surface area contributed by atoms with E-state index in [0.29, 0.717) is 6.42 Å². The highest BCUT2D eigenvalue weighted by Crippen LogP contribution is 2.50. The van der Waals surface area contributed by atoms with Crippen LogP contribution in [0.15, 0.2) is 48.5 Å². The highest BCUT2D eigenvalue weighted by molar-refractivity contribution is 5.66. The smallest absolute Gasteiger partial charge is 0.274 e. The van der Waals surface area contributed by atoms with E-state index in [2.05, 4.69) is 19.9 Å². The van der Waals surface area contributed by atoms with Crippen LogP contribution in [0.1, 0.15) is 25.0 Å². The Morgan fingerprint density at radius 1 is 1.26 bits per heavy atom. The highest BCUT2D eigenvalue weighted by Gasteiger charge is 2.53. The van der Waals surface area contributed by atoms with Gasteiger partial charge in [0.25, 0.3) is 5.69 Å². The Morgan fingerprint density at radius 3 is 2.67 bits per heavy atom. The second kappa shape index (κ2) is 6.39. The van der Waals surface area contributed by atoms with Crippen molar-refractivity contribution >= 4 is 17.5 Å². The Balaban J connectivity index is 1.59. The van der Waals surface area contributed by atoms with Crippen molar-refractivity contribution in [1.82, 2.24) is 0 Å². The molecule has 0 saturated carbocycles. The summed E-state index contributed by atoms with van der Waals surface area (Å²) in [5.41, 5.74) is 2.63. The summed E-state index contributed by atoms with van der Waals surface area (Å²) in [6, 6.07) is 13.1. The Labute approximate surface area is 158 Å². The first-order valence-corrected chi connectivity index (χ1v) is 8.96. The zero-order valence-electron chi connectivity index (χ0n) is 15.6. The molecule has 2 aliphatic heterocycles. The third-order valence-corrected chi connectivity index (χ3v) is 5.64. The molecule has 0 radical (unpaired) electrons. The number of anilines is 1. The van der Waals surface area contributed by atoms with E-state index >= 15 is 0 Å². The summed E-state index contributed by atoms with van der Waals surface area (Å²) >= 11 is 0. The van der Waals surface area contributed by atoms with E-state index in [-0.39, 0.29) is 28.2 Å². The number of nitro groups is 1. The minimum atomic E-state index is -0.310. The van der Waals surface area contributed by atoms with Crippen LogP contribution in [0.4, 0.5) is 11.4 Å². The van der Waals surface area contributed by atoms with Crippen LogP contribution in [0, 0.1) is 15.5 Å². The molecule has 140 valence electrons. The van der Waals surface area contributed by atoms with Gasteiger partial charge in [-0.1, -0.05) is 44.2 Å². The fraction of sp³-hybridized carbons (Fsp3) is 0.333. The Hall–Kier alpha value is -2.86. The van der Waals surface area contributed by atoms with Gasteiger partial charge in [-0.3, -0.25) is 15.0 Å². The van der Waals surface area contributed by atoms with Gasteiger partial charge in [-0.15, -0.1) is 0 Å². The van der Waals surface area contributed by atoms with E-state index in [9.17, 15) is 10.1 Å². The second-order valence-electron chi connectivity index (χ2n) is 7.56. The van der Waals surface area contributed by atoms with Crippen LogP contribution < -0.4 is 9.80 Å². The lowest BCUT2D eigenvalue weighted by Gasteiger charge is -2.26. The molecule has 4 rings (SSSR count). The molecule has 0 amide bonds. The van der Waals surface area contributed by atoms with E-state index in [4.69, 9.17) is 9.57 Å². The lowest BCUT2D eigenvalue weighted by molar-refractivity contribution is -0.385. The van der Waals surface area contributed by atoms with Gasteiger partial charge in [0.05, 0.1) is 29.3 Å². The van der Waals surface area contributed by atoms with E-state index < -0.39 is 0 Å². The van der Waals surface area contributed by atoms with Gasteiger partial charge in [0.1, 0.15) is 11.9 Å². The SMILES string of the molecule is COc1ccc(C=CC2ON3c4cccc([N+](=O)[O-])c4CC3C2(C)C)cc1. The summed E-state index contributed by atoms with van der Waals surface area (Å²) in [5.74, 6) is 0.823. The Kier molecular flexibility index (Phi) is 4.15. The largest absolute Gasteiger partial charge is 0.497 e. The average Bonchev–Trinajstić information content (AvgIpc) is 3.15. The van der Waals surface area contributed by atoms with Crippen LogP contribution in [-0.4, -0.2) is 24.2 Å². The summed E-state index contributed by atoms with van der Waals surface area (Å²) in [7, 11) is 1.65. The number of hydrogen-bond acceptors (Lipinski definition) is 5. The minimum Gasteiger partial charge on any atom is -0.497 e. The molecule has 27 heavy (non-hydrogen) atoms. The molecular weight excluding hydrogens is 344 g/mol. The number of rotatable bonds is 4. The fourth-order valence-corrected chi connectivity index (χ4v) is 3.93. The zero-order chi connectivity index (χ0) is 19.2. The number of fused-ring (bicyclic) bond motifs is 3. The first-order valence-electron chi connectivity index (χ1n) is 8.96. The summed E-state index contributed by atoms with van der Waals surface area (Å²) in [6.45, 7) is 4.30. The third kappa shape index (κ3) is 2.86. The number of ether oxygens (including phenoxy) is 1. The van der Waals surface area contributed by atoms with E-state index in [1.54, 1.807) is 19.2 Å². The molecule has 0 spiro atoms. The molecule has 0 bridgehead atoms. The maximum absolute atomic E-state index is 11.3. The lowest BCUT2D eigenvalue weighted by atomic mass is 9.78. The molecule has 2 atom stereocenters. The van der Waals surface area contributed by atoms with Gasteiger partial charge in [-0.2, -0.15) is 0 Å². The van der Waals surface area contributed by atoms with E-state index in [1.165, 1.54) is 0 Å². The number of benzene rings is 2. The van der Waals surface area contributed by atoms with Gasteiger partial charge >= 0.3 is 0 Å². The van der Waals surface area contributed by atoms with Crippen molar-refractivity contribution in [3.63, 3.8) is 0 Å². The van der Waals surface area contributed by atoms with E-state index in [0.717, 1.165) is 22.6 Å². The molecule has 2 aromatic rings. The molecule has 6 heteroatoms. The van der Waals surface area contributed by atoms with Crippen molar-refractivity contribution in [2.75, 3.05) is 12.2 Å². The van der Waals surface area contributed by atoms with E-state index in [1.807, 2.05) is 41.5 Å². The third-order valence-electron chi connectivity index (χ3n) is 5.64. The Morgan fingerprint density at radius 2 is 2.00 bits per heavy atom. The monoisotopic (exact) mass is 366 g/mol. The Bertz CT molecular complexity index is 905. The van der Waals surface area contributed by atoms with Crippen molar-refractivity contribution in [2.24, 2.45) is 5.41 Å². The van der Waals surface area contributed by atoms with Gasteiger partial charge in [0.2, 0.25) is 0 Å².